The SMILES string of the molecule is CSc1cccc(N2c3ccc(/C=C4/SC(=S)N(COC=O)C4=O)cc3C3CCCC32)c1. The molecular weight excluding hydrogens is 460 g/mol. The molecule has 1 amide bonds. The van der Waals surface area contributed by atoms with Gasteiger partial charge in [0.25, 0.3) is 12.4 Å². The quantitative estimate of drug-likeness (QED) is 0.232. The van der Waals surface area contributed by atoms with Crippen LogP contribution in [0.15, 0.2) is 52.3 Å². The van der Waals surface area contributed by atoms with E-state index in [9.17, 15) is 9.59 Å². The maximum Gasteiger partial charge on any atom is 0.294 e. The highest BCUT2D eigenvalue weighted by molar-refractivity contribution is 8.26. The van der Waals surface area contributed by atoms with Crippen molar-refractivity contribution in [2.24, 2.45) is 0 Å². The van der Waals surface area contributed by atoms with Crippen molar-refractivity contribution >= 4 is 69.9 Å². The molecule has 1 saturated carbocycles. The highest BCUT2D eigenvalue weighted by atomic mass is 32.2. The first-order valence-electron chi connectivity index (χ1n) is 10.5. The number of rotatable bonds is 6. The van der Waals surface area contributed by atoms with Gasteiger partial charge in [-0.05, 0) is 66.6 Å². The van der Waals surface area contributed by atoms with Crippen LogP contribution < -0.4 is 4.90 Å². The Morgan fingerprint density at radius 3 is 2.94 bits per heavy atom. The van der Waals surface area contributed by atoms with Crippen molar-refractivity contribution in [3.05, 3.63) is 58.5 Å². The van der Waals surface area contributed by atoms with E-state index in [1.807, 2.05) is 6.08 Å². The van der Waals surface area contributed by atoms with Crippen LogP contribution in [0.25, 0.3) is 6.08 Å². The second-order valence-corrected chi connectivity index (χ2v) is 10.6. The van der Waals surface area contributed by atoms with E-state index in [1.54, 1.807) is 11.8 Å². The average molecular weight is 483 g/mol. The van der Waals surface area contributed by atoms with Crippen LogP contribution in [0.3, 0.4) is 0 Å². The van der Waals surface area contributed by atoms with Crippen molar-refractivity contribution in [1.82, 2.24) is 4.90 Å². The molecule has 1 saturated heterocycles. The molecule has 0 aromatic heterocycles. The number of anilines is 2. The molecule has 2 atom stereocenters. The molecule has 8 heteroatoms. The smallest absolute Gasteiger partial charge is 0.294 e. The Bertz CT molecular complexity index is 1130. The summed E-state index contributed by atoms with van der Waals surface area (Å²) in [7, 11) is 0. The summed E-state index contributed by atoms with van der Waals surface area (Å²) in [4.78, 5) is 28.8. The number of nitrogens with zero attached hydrogens (tertiary/aromatic N) is 2. The minimum Gasteiger partial charge on any atom is -0.446 e. The Labute approximate surface area is 201 Å². The number of thiocarbonyl (C=S) groups is 1. The molecule has 5 nitrogen and oxygen atoms in total. The van der Waals surface area contributed by atoms with Gasteiger partial charge in [-0.25, -0.2) is 0 Å². The number of thioether (sulfide) groups is 2. The van der Waals surface area contributed by atoms with Crippen LogP contribution >= 0.6 is 35.7 Å². The number of amides is 1. The van der Waals surface area contributed by atoms with E-state index in [0.29, 0.717) is 27.7 Å². The summed E-state index contributed by atoms with van der Waals surface area (Å²) in [6.45, 7) is 0.172. The average Bonchev–Trinajstić information content (AvgIpc) is 3.46. The molecule has 2 unspecified atom stereocenters. The Balaban J connectivity index is 1.48. The maximum atomic E-state index is 12.7. The first kappa shape index (κ1) is 21.6. The van der Waals surface area contributed by atoms with E-state index >= 15 is 0 Å². The number of benzene rings is 2. The van der Waals surface area contributed by atoms with Crippen molar-refractivity contribution in [2.75, 3.05) is 17.9 Å². The molecule has 1 aliphatic carbocycles. The third-order valence-corrected chi connectivity index (χ3v) is 8.40. The zero-order valence-corrected chi connectivity index (χ0v) is 20.0. The molecular formula is C24H22N2O3S3. The van der Waals surface area contributed by atoms with E-state index in [1.165, 1.54) is 57.8 Å². The molecule has 3 aliphatic rings. The minimum absolute atomic E-state index is 0.149. The number of hydrogen-bond acceptors (Lipinski definition) is 7. The summed E-state index contributed by atoms with van der Waals surface area (Å²) in [6.07, 6.45) is 7.60. The van der Waals surface area contributed by atoms with Gasteiger partial charge in [-0.1, -0.05) is 42.5 Å². The summed E-state index contributed by atoms with van der Waals surface area (Å²) in [6, 6.07) is 15.7. The van der Waals surface area contributed by atoms with Crippen molar-refractivity contribution < 1.29 is 14.3 Å². The van der Waals surface area contributed by atoms with E-state index in [2.05, 4.69) is 53.6 Å². The number of ether oxygens (including phenoxy) is 1. The highest BCUT2D eigenvalue weighted by Crippen LogP contribution is 2.52. The highest BCUT2D eigenvalue weighted by Gasteiger charge is 2.42. The van der Waals surface area contributed by atoms with Gasteiger partial charge in [0.2, 0.25) is 0 Å². The fourth-order valence-corrected chi connectivity index (χ4v) is 6.61. The van der Waals surface area contributed by atoms with Gasteiger partial charge in [-0.15, -0.1) is 11.8 Å². The molecule has 164 valence electrons. The van der Waals surface area contributed by atoms with Crippen molar-refractivity contribution in [3.63, 3.8) is 0 Å². The normalized spacial score (nSPS) is 23.1. The van der Waals surface area contributed by atoms with Crippen molar-refractivity contribution in [3.8, 4) is 0 Å². The van der Waals surface area contributed by atoms with Gasteiger partial charge < -0.3 is 9.64 Å². The molecule has 2 aliphatic heterocycles. The Hall–Kier alpha value is -2.29. The number of fused-ring (bicyclic) bond motifs is 3. The molecule has 0 N–H and O–H groups in total. The Morgan fingerprint density at radius 2 is 2.12 bits per heavy atom. The van der Waals surface area contributed by atoms with E-state index in [0.717, 1.165) is 5.56 Å². The summed E-state index contributed by atoms with van der Waals surface area (Å²) in [5, 5.41) is 0. The zero-order chi connectivity index (χ0) is 22.2. The van der Waals surface area contributed by atoms with Gasteiger partial charge in [-0.3, -0.25) is 14.5 Å². The fraction of sp³-hybridized carbons (Fsp3) is 0.292. The lowest BCUT2D eigenvalue weighted by Gasteiger charge is -2.27. The standard InChI is InChI=1S/C24H22N2O3S3/c1-31-17-5-2-4-16(12-17)26-20-7-3-6-18(20)19-10-15(8-9-21(19)26)11-22-23(28)25(13-29-14-27)24(30)32-22/h2,4-5,8-12,14,18,20H,3,6-7,13H2,1H3/b22-11+. The van der Waals surface area contributed by atoms with Crippen molar-refractivity contribution in [2.45, 2.75) is 36.1 Å². The lowest BCUT2D eigenvalue weighted by Crippen LogP contribution is -2.30. The summed E-state index contributed by atoms with van der Waals surface area (Å²) < 4.78 is 5.13. The molecule has 2 heterocycles. The summed E-state index contributed by atoms with van der Waals surface area (Å²) in [5.74, 6) is 0.281. The van der Waals surface area contributed by atoms with Crippen LogP contribution in [-0.4, -0.2) is 40.6 Å². The Kier molecular flexibility index (Phi) is 6.01. The Morgan fingerprint density at radius 1 is 1.25 bits per heavy atom. The molecule has 5 rings (SSSR count). The number of hydrogen-bond donors (Lipinski definition) is 0. The van der Waals surface area contributed by atoms with Gasteiger partial charge in [0.05, 0.1) is 4.91 Å². The maximum absolute atomic E-state index is 12.7. The van der Waals surface area contributed by atoms with Crippen LogP contribution in [-0.2, 0) is 14.3 Å². The fourth-order valence-electron chi connectivity index (χ4n) is 4.93. The lowest BCUT2D eigenvalue weighted by molar-refractivity contribution is -0.135. The van der Waals surface area contributed by atoms with Crippen LogP contribution in [0.5, 0.6) is 0 Å². The molecule has 2 aromatic rings. The topological polar surface area (TPSA) is 49.9 Å². The predicted molar refractivity (Wildman–Crippen MR) is 134 cm³/mol. The largest absolute Gasteiger partial charge is 0.446 e. The molecule has 0 bridgehead atoms. The number of carbonyl (C=O) groups is 2. The molecule has 32 heavy (non-hydrogen) atoms. The molecule has 2 aromatic carbocycles. The van der Waals surface area contributed by atoms with Crippen LogP contribution in [0.1, 0.15) is 36.3 Å². The second-order valence-electron chi connectivity index (χ2n) is 8.00. The van der Waals surface area contributed by atoms with Gasteiger partial charge in [0.1, 0.15) is 0 Å². The van der Waals surface area contributed by atoms with Crippen LogP contribution in [0, 0.1) is 0 Å². The first-order chi connectivity index (χ1) is 15.6. The van der Waals surface area contributed by atoms with Crippen molar-refractivity contribution in [1.29, 1.82) is 0 Å². The zero-order valence-electron chi connectivity index (χ0n) is 17.5. The predicted octanol–water partition coefficient (Wildman–Crippen LogP) is 5.53. The molecule has 0 radical (unpaired) electrons. The number of carbonyl (C=O) groups excluding carboxylic acids is 2. The first-order valence-corrected chi connectivity index (χ1v) is 12.9. The van der Waals surface area contributed by atoms with Gasteiger partial charge in [0.15, 0.2) is 11.1 Å². The summed E-state index contributed by atoms with van der Waals surface area (Å²) >= 11 is 8.28. The van der Waals surface area contributed by atoms with Crippen LogP contribution in [0.2, 0.25) is 0 Å². The van der Waals surface area contributed by atoms with Crippen LogP contribution in [0.4, 0.5) is 11.4 Å². The molecule has 0 spiro atoms. The summed E-state index contributed by atoms with van der Waals surface area (Å²) in [5.41, 5.74) is 4.86. The van der Waals surface area contributed by atoms with E-state index in [-0.39, 0.29) is 12.6 Å². The van der Waals surface area contributed by atoms with Gasteiger partial charge in [0, 0.05) is 28.2 Å². The minimum atomic E-state index is -0.225. The van der Waals surface area contributed by atoms with Gasteiger partial charge in [-0.2, -0.15) is 0 Å². The van der Waals surface area contributed by atoms with E-state index < -0.39 is 0 Å². The third kappa shape index (κ3) is 3.74. The second kappa shape index (κ2) is 8.92. The lowest BCUT2D eigenvalue weighted by atomic mass is 9.96. The van der Waals surface area contributed by atoms with Gasteiger partial charge >= 0.3 is 0 Å². The monoisotopic (exact) mass is 482 g/mol. The third-order valence-electron chi connectivity index (χ3n) is 6.30. The molecule has 2 fully saturated rings. The van der Waals surface area contributed by atoms with E-state index in [4.69, 9.17) is 17.0 Å².